The van der Waals surface area contributed by atoms with Crippen LogP contribution < -0.4 is 5.32 Å². The Hall–Kier alpha value is -1.96. The molecule has 1 aromatic heterocycles. The molecule has 25 heavy (non-hydrogen) atoms. The van der Waals surface area contributed by atoms with Crippen molar-refractivity contribution < 1.29 is 4.79 Å². The van der Waals surface area contributed by atoms with Gasteiger partial charge in [0.1, 0.15) is 0 Å². The van der Waals surface area contributed by atoms with E-state index >= 15 is 0 Å². The maximum atomic E-state index is 12.8. The number of nitrogens with zero attached hydrogens (tertiary/aromatic N) is 5. The van der Waals surface area contributed by atoms with Crippen molar-refractivity contribution in [3.63, 3.8) is 0 Å². The summed E-state index contributed by atoms with van der Waals surface area (Å²) in [6.45, 7) is 5.68. The van der Waals surface area contributed by atoms with Gasteiger partial charge in [0.15, 0.2) is 5.69 Å². The van der Waals surface area contributed by atoms with Gasteiger partial charge < -0.3 is 10.2 Å². The highest BCUT2D eigenvalue weighted by Gasteiger charge is 2.32. The third-order valence-corrected chi connectivity index (χ3v) is 5.25. The molecule has 2 aliphatic rings. The number of hydrogen-bond acceptors (Lipinski definition) is 5. The van der Waals surface area contributed by atoms with Gasteiger partial charge in [-0.2, -0.15) is 0 Å². The number of aromatic nitrogens is 3. The Kier molecular flexibility index (Phi) is 4.70. The fourth-order valence-electron chi connectivity index (χ4n) is 3.55. The number of carbonyl (C=O) groups excluding carboxylic acids is 1. The number of benzene rings is 1. The lowest BCUT2D eigenvalue weighted by molar-refractivity contribution is 0.0767. The van der Waals surface area contributed by atoms with Crippen molar-refractivity contribution >= 4 is 17.5 Å². The number of halogens is 1. The fraction of sp³-hybridized carbons (Fsp3) is 0.471. The lowest BCUT2D eigenvalue weighted by Gasteiger charge is -2.32. The molecule has 132 valence electrons. The van der Waals surface area contributed by atoms with Crippen molar-refractivity contribution in [2.24, 2.45) is 0 Å². The Morgan fingerprint density at radius 2 is 2.00 bits per heavy atom. The molecule has 2 aliphatic heterocycles. The second-order valence-corrected chi connectivity index (χ2v) is 6.89. The summed E-state index contributed by atoms with van der Waals surface area (Å²) in [7, 11) is 0. The van der Waals surface area contributed by atoms with Crippen LogP contribution in [0.15, 0.2) is 30.5 Å². The maximum absolute atomic E-state index is 12.8. The number of piperazine rings is 1. The van der Waals surface area contributed by atoms with Gasteiger partial charge in [-0.3, -0.25) is 9.69 Å². The molecule has 1 unspecified atom stereocenters. The van der Waals surface area contributed by atoms with Crippen molar-refractivity contribution in [1.82, 2.24) is 30.1 Å². The quantitative estimate of drug-likeness (QED) is 0.886. The first-order chi connectivity index (χ1) is 12.2. The zero-order chi connectivity index (χ0) is 17.2. The summed E-state index contributed by atoms with van der Waals surface area (Å²) in [6.07, 6.45) is 2.67. The van der Waals surface area contributed by atoms with E-state index in [2.05, 4.69) is 20.5 Å². The van der Waals surface area contributed by atoms with E-state index in [1.807, 2.05) is 23.1 Å². The van der Waals surface area contributed by atoms with Gasteiger partial charge in [0.25, 0.3) is 5.91 Å². The van der Waals surface area contributed by atoms with E-state index in [1.54, 1.807) is 16.9 Å². The van der Waals surface area contributed by atoms with Crippen LogP contribution >= 0.6 is 11.6 Å². The van der Waals surface area contributed by atoms with Crippen molar-refractivity contribution in [3.8, 4) is 5.69 Å². The minimum absolute atomic E-state index is 0.0593. The number of para-hydroxylation sites is 1. The van der Waals surface area contributed by atoms with Crippen LogP contribution in [0.2, 0.25) is 5.02 Å². The predicted molar refractivity (Wildman–Crippen MR) is 95.1 cm³/mol. The molecule has 1 aromatic carbocycles. The number of rotatable bonds is 3. The van der Waals surface area contributed by atoms with Crippen LogP contribution in [-0.2, 0) is 0 Å². The molecule has 2 fully saturated rings. The topological polar surface area (TPSA) is 66.3 Å². The van der Waals surface area contributed by atoms with E-state index in [9.17, 15) is 4.79 Å². The highest BCUT2D eigenvalue weighted by molar-refractivity contribution is 6.32. The molecule has 3 heterocycles. The average Bonchev–Trinajstić information content (AvgIpc) is 3.32. The second-order valence-electron chi connectivity index (χ2n) is 6.48. The largest absolute Gasteiger partial charge is 0.336 e. The smallest absolute Gasteiger partial charge is 0.276 e. The summed E-state index contributed by atoms with van der Waals surface area (Å²) >= 11 is 6.19. The van der Waals surface area contributed by atoms with E-state index in [0.29, 0.717) is 16.8 Å². The first-order valence-corrected chi connectivity index (χ1v) is 9.01. The molecule has 1 amide bonds. The summed E-state index contributed by atoms with van der Waals surface area (Å²) in [6, 6.07) is 7.82. The molecule has 1 N–H and O–H groups in total. The summed E-state index contributed by atoms with van der Waals surface area (Å²) in [5, 5.41) is 12.1. The first kappa shape index (κ1) is 16.5. The predicted octanol–water partition coefficient (Wildman–Crippen LogP) is 1.04. The van der Waals surface area contributed by atoms with Crippen LogP contribution in [0.5, 0.6) is 0 Å². The second kappa shape index (κ2) is 7.11. The van der Waals surface area contributed by atoms with Gasteiger partial charge in [-0.1, -0.05) is 28.9 Å². The highest BCUT2D eigenvalue weighted by atomic mass is 35.5. The van der Waals surface area contributed by atoms with Gasteiger partial charge >= 0.3 is 0 Å². The first-order valence-electron chi connectivity index (χ1n) is 8.63. The van der Waals surface area contributed by atoms with Crippen LogP contribution in [0.3, 0.4) is 0 Å². The molecule has 2 saturated heterocycles. The third kappa shape index (κ3) is 3.40. The van der Waals surface area contributed by atoms with Gasteiger partial charge in [-0.25, -0.2) is 4.68 Å². The van der Waals surface area contributed by atoms with Gasteiger partial charge in [0, 0.05) is 45.3 Å². The van der Waals surface area contributed by atoms with Crippen molar-refractivity contribution in [3.05, 3.63) is 41.2 Å². The monoisotopic (exact) mass is 360 g/mol. The standard InChI is InChI=1S/C17H21ClN6O/c18-14-3-1-2-4-16(14)24-12-15(20-21-24)17(25)23-8-5-13(11-23)22-9-6-19-7-10-22/h1-4,12-13,19H,5-11H2. The Morgan fingerprint density at radius 1 is 1.20 bits per heavy atom. The lowest BCUT2D eigenvalue weighted by atomic mass is 10.2. The molecule has 2 aromatic rings. The molecular weight excluding hydrogens is 340 g/mol. The Labute approximate surface area is 151 Å². The highest BCUT2D eigenvalue weighted by Crippen LogP contribution is 2.21. The van der Waals surface area contributed by atoms with Crippen LogP contribution in [0, 0.1) is 0 Å². The van der Waals surface area contributed by atoms with Crippen LogP contribution in [0.25, 0.3) is 5.69 Å². The molecule has 7 nitrogen and oxygen atoms in total. The van der Waals surface area contributed by atoms with Gasteiger partial charge in [0.05, 0.1) is 16.9 Å². The molecule has 0 spiro atoms. The van der Waals surface area contributed by atoms with Crippen LogP contribution in [0.4, 0.5) is 0 Å². The molecule has 0 bridgehead atoms. The lowest BCUT2D eigenvalue weighted by Crippen LogP contribution is -2.49. The Balaban J connectivity index is 1.44. The van der Waals surface area contributed by atoms with Crippen LogP contribution in [0.1, 0.15) is 16.9 Å². The van der Waals surface area contributed by atoms with E-state index in [0.717, 1.165) is 51.4 Å². The van der Waals surface area contributed by atoms with E-state index in [1.165, 1.54) is 0 Å². The maximum Gasteiger partial charge on any atom is 0.276 e. The van der Waals surface area contributed by atoms with Crippen molar-refractivity contribution in [2.45, 2.75) is 12.5 Å². The number of nitrogens with one attached hydrogen (secondary N) is 1. The Bertz CT molecular complexity index is 757. The van der Waals surface area contributed by atoms with E-state index in [-0.39, 0.29) is 5.91 Å². The van der Waals surface area contributed by atoms with Gasteiger partial charge in [-0.05, 0) is 18.6 Å². The number of carbonyl (C=O) groups is 1. The molecule has 0 saturated carbocycles. The number of hydrogen-bond donors (Lipinski definition) is 1. The molecule has 0 radical (unpaired) electrons. The number of amides is 1. The molecule has 0 aliphatic carbocycles. The fourth-order valence-corrected chi connectivity index (χ4v) is 3.77. The summed E-state index contributed by atoms with van der Waals surface area (Å²) in [4.78, 5) is 17.1. The zero-order valence-corrected chi connectivity index (χ0v) is 14.7. The van der Waals surface area contributed by atoms with Gasteiger partial charge in [0.2, 0.25) is 0 Å². The van der Waals surface area contributed by atoms with Crippen molar-refractivity contribution in [1.29, 1.82) is 0 Å². The van der Waals surface area contributed by atoms with Crippen molar-refractivity contribution in [2.75, 3.05) is 39.3 Å². The number of likely N-dealkylation sites (tertiary alicyclic amines) is 1. The SMILES string of the molecule is O=C(c1cn(-c2ccccc2Cl)nn1)N1CCC(N2CCNCC2)C1. The van der Waals surface area contributed by atoms with E-state index in [4.69, 9.17) is 11.6 Å². The molecule has 8 heteroatoms. The summed E-state index contributed by atoms with van der Waals surface area (Å²) in [5.74, 6) is -0.0593. The minimum atomic E-state index is -0.0593. The Morgan fingerprint density at radius 3 is 2.80 bits per heavy atom. The zero-order valence-electron chi connectivity index (χ0n) is 13.9. The van der Waals surface area contributed by atoms with Crippen LogP contribution in [-0.4, -0.2) is 76.0 Å². The molecule has 4 rings (SSSR count). The van der Waals surface area contributed by atoms with Gasteiger partial charge in [-0.15, -0.1) is 5.10 Å². The third-order valence-electron chi connectivity index (χ3n) is 4.93. The normalized spacial score (nSPS) is 21.6. The summed E-state index contributed by atoms with van der Waals surface area (Å²) < 4.78 is 1.55. The van der Waals surface area contributed by atoms with E-state index < -0.39 is 0 Å². The minimum Gasteiger partial charge on any atom is -0.336 e. The molecule has 1 atom stereocenters. The molecular formula is C17H21ClN6O. The average molecular weight is 361 g/mol. The summed E-state index contributed by atoms with van der Waals surface area (Å²) in [5.41, 5.74) is 1.08.